The van der Waals surface area contributed by atoms with Crippen molar-refractivity contribution in [3.8, 4) is 0 Å². The van der Waals surface area contributed by atoms with Gasteiger partial charge in [0.1, 0.15) is 5.82 Å². The van der Waals surface area contributed by atoms with Crippen LogP contribution in [-0.2, 0) is 11.3 Å². The van der Waals surface area contributed by atoms with E-state index in [4.69, 9.17) is 5.11 Å². The number of hydrogen-bond donors (Lipinski definition) is 2. The van der Waals surface area contributed by atoms with E-state index in [1.54, 1.807) is 12.1 Å². The summed E-state index contributed by atoms with van der Waals surface area (Å²) in [5, 5.41) is 11.6. The molecule has 0 aliphatic heterocycles. The Morgan fingerprint density at radius 1 is 1.33 bits per heavy atom. The van der Waals surface area contributed by atoms with Crippen LogP contribution >= 0.6 is 15.9 Å². The fourth-order valence-electron chi connectivity index (χ4n) is 1.60. The molecular weight excluding hydrogens is 301 g/mol. The van der Waals surface area contributed by atoms with Crippen LogP contribution in [0.5, 0.6) is 0 Å². The van der Waals surface area contributed by atoms with Gasteiger partial charge in [-0.25, -0.2) is 4.39 Å². The minimum Gasteiger partial charge on any atom is -0.481 e. The Morgan fingerprint density at radius 2 is 2.11 bits per heavy atom. The van der Waals surface area contributed by atoms with E-state index in [2.05, 4.69) is 21.2 Å². The molecule has 18 heavy (non-hydrogen) atoms. The quantitative estimate of drug-likeness (QED) is 0.723. The molecule has 2 N–H and O–H groups in total. The first-order chi connectivity index (χ1) is 8.59. The van der Waals surface area contributed by atoms with Crippen LogP contribution in [0.2, 0.25) is 0 Å². The summed E-state index contributed by atoms with van der Waals surface area (Å²) in [5.41, 5.74) is 0.634. The summed E-state index contributed by atoms with van der Waals surface area (Å²) in [4.78, 5) is 10.3. The number of rotatable bonds is 8. The summed E-state index contributed by atoms with van der Waals surface area (Å²) in [6.45, 7) is 1.26. The number of nitrogens with one attached hydrogen (secondary N) is 1. The van der Waals surface area contributed by atoms with Crippen molar-refractivity contribution in [3.63, 3.8) is 0 Å². The Balaban J connectivity index is 2.14. The molecule has 1 aromatic carbocycles. The first-order valence-electron chi connectivity index (χ1n) is 5.96. The smallest absolute Gasteiger partial charge is 0.303 e. The molecule has 0 heterocycles. The fourth-order valence-corrected chi connectivity index (χ4v) is 2.01. The Bertz CT molecular complexity index is 399. The maximum atomic E-state index is 13.4. The predicted octanol–water partition coefficient (Wildman–Crippen LogP) is 3.32. The zero-order valence-electron chi connectivity index (χ0n) is 10.1. The van der Waals surface area contributed by atoms with Gasteiger partial charge in [0.25, 0.3) is 0 Å². The van der Waals surface area contributed by atoms with E-state index < -0.39 is 5.97 Å². The van der Waals surface area contributed by atoms with Gasteiger partial charge in [-0.2, -0.15) is 0 Å². The van der Waals surface area contributed by atoms with E-state index in [-0.39, 0.29) is 12.2 Å². The van der Waals surface area contributed by atoms with Crippen LogP contribution in [0.15, 0.2) is 22.7 Å². The molecule has 100 valence electrons. The minimum absolute atomic E-state index is 0.212. The molecule has 0 radical (unpaired) electrons. The van der Waals surface area contributed by atoms with E-state index in [1.165, 1.54) is 6.07 Å². The third kappa shape index (κ3) is 6.12. The Kier molecular flexibility index (Phi) is 6.90. The number of benzene rings is 1. The molecule has 0 aromatic heterocycles. The molecular formula is C13H17BrFNO2. The van der Waals surface area contributed by atoms with Gasteiger partial charge in [0.15, 0.2) is 0 Å². The van der Waals surface area contributed by atoms with Gasteiger partial charge >= 0.3 is 5.97 Å². The second-order valence-corrected chi connectivity index (χ2v) is 5.03. The maximum Gasteiger partial charge on any atom is 0.303 e. The van der Waals surface area contributed by atoms with Crippen molar-refractivity contribution in [1.82, 2.24) is 5.32 Å². The van der Waals surface area contributed by atoms with Crippen LogP contribution in [0.1, 0.15) is 31.2 Å². The monoisotopic (exact) mass is 317 g/mol. The van der Waals surface area contributed by atoms with E-state index >= 15 is 0 Å². The number of aliphatic carboxylic acids is 1. The van der Waals surface area contributed by atoms with Gasteiger partial charge in [0.2, 0.25) is 0 Å². The van der Waals surface area contributed by atoms with Crippen molar-refractivity contribution >= 4 is 21.9 Å². The van der Waals surface area contributed by atoms with Crippen molar-refractivity contribution in [3.05, 3.63) is 34.1 Å². The third-order valence-corrected chi connectivity index (χ3v) is 3.06. The highest BCUT2D eigenvalue weighted by Gasteiger charge is 2.02. The summed E-state index contributed by atoms with van der Waals surface area (Å²) < 4.78 is 14.2. The van der Waals surface area contributed by atoms with Crippen LogP contribution in [0, 0.1) is 5.82 Å². The number of carboxylic acids is 1. The van der Waals surface area contributed by atoms with Crippen molar-refractivity contribution in [2.75, 3.05) is 6.54 Å². The van der Waals surface area contributed by atoms with Crippen LogP contribution < -0.4 is 5.32 Å². The first-order valence-corrected chi connectivity index (χ1v) is 6.75. The average Bonchev–Trinajstić information content (AvgIpc) is 2.32. The molecule has 0 amide bonds. The van der Waals surface area contributed by atoms with Crippen LogP contribution in [0.4, 0.5) is 4.39 Å². The normalized spacial score (nSPS) is 10.6. The molecule has 0 atom stereocenters. The maximum absolute atomic E-state index is 13.4. The summed E-state index contributed by atoms with van der Waals surface area (Å²) in [5.74, 6) is -0.962. The Hall–Kier alpha value is -0.940. The number of hydrogen-bond acceptors (Lipinski definition) is 2. The Labute approximate surface area is 115 Å². The van der Waals surface area contributed by atoms with Gasteiger partial charge in [-0.1, -0.05) is 22.4 Å². The number of carbonyl (C=O) groups is 1. The third-order valence-electron chi connectivity index (χ3n) is 2.57. The lowest BCUT2D eigenvalue weighted by atomic mass is 10.2. The van der Waals surface area contributed by atoms with E-state index in [0.29, 0.717) is 18.5 Å². The summed E-state index contributed by atoms with van der Waals surface area (Å²) in [7, 11) is 0. The molecule has 0 bridgehead atoms. The SMILES string of the molecule is O=C(O)CCCCCNCc1cc(Br)ccc1F. The van der Waals surface area contributed by atoms with Crippen molar-refractivity contribution in [2.24, 2.45) is 0 Å². The fraction of sp³-hybridized carbons (Fsp3) is 0.462. The molecule has 0 aliphatic carbocycles. The molecule has 3 nitrogen and oxygen atoms in total. The lowest BCUT2D eigenvalue weighted by molar-refractivity contribution is -0.137. The molecule has 0 spiro atoms. The largest absolute Gasteiger partial charge is 0.481 e. The number of halogens is 2. The van der Waals surface area contributed by atoms with Crippen LogP contribution in [0.25, 0.3) is 0 Å². The van der Waals surface area contributed by atoms with Crippen molar-refractivity contribution in [2.45, 2.75) is 32.2 Å². The second-order valence-electron chi connectivity index (χ2n) is 4.12. The van der Waals surface area contributed by atoms with Gasteiger partial charge in [0.05, 0.1) is 0 Å². The number of carboxylic acid groups (broad SMARTS) is 1. The molecule has 5 heteroatoms. The molecule has 1 aromatic rings. The minimum atomic E-state index is -0.751. The predicted molar refractivity (Wildman–Crippen MR) is 71.9 cm³/mol. The van der Waals surface area contributed by atoms with Crippen molar-refractivity contribution < 1.29 is 14.3 Å². The molecule has 0 saturated heterocycles. The zero-order valence-corrected chi connectivity index (χ0v) is 11.7. The first kappa shape index (κ1) is 15.1. The molecule has 0 fully saturated rings. The van der Waals surface area contributed by atoms with Gasteiger partial charge in [-0.3, -0.25) is 4.79 Å². The lowest BCUT2D eigenvalue weighted by Gasteiger charge is -2.06. The number of unbranched alkanes of at least 4 members (excludes halogenated alkanes) is 2. The highest BCUT2D eigenvalue weighted by Crippen LogP contribution is 2.15. The molecule has 0 aliphatic rings. The summed E-state index contributed by atoms with van der Waals surface area (Å²) in [6.07, 6.45) is 2.70. The summed E-state index contributed by atoms with van der Waals surface area (Å²) in [6, 6.07) is 4.87. The lowest BCUT2D eigenvalue weighted by Crippen LogP contribution is -2.15. The topological polar surface area (TPSA) is 49.3 Å². The highest BCUT2D eigenvalue weighted by molar-refractivity contribution is 9.10. The van der Waals surface area contributed by atoms with E-state index in [0.717, 1.165) is 23.9 Å². The average molecular weight is 318 g/mol. The van der Waals surface area contributed by atoms with Gasteiger partial charge in [-0.15, -0.1) is 0 Å². The van der Waals surface area contributed by atoms with Crippen LogP contribution in [-0.4, -0.2) is 17.6 Å². The van der Waals surface area contributed by atoms with Gasteiger partial charge in [0, 0.05) is 23.0 Å². The Morgan fingerprint density at radius 3 is 2.83 bits per heavy atom. The zero-order chi connectivity index (χ0) is 13.4. The highest BCUT2D eigenvalue weighted by atomic mass is 79.9. The molecule has 0 saturated carbocycles. The molecule has 0 unspecified atom stereocenters. The summed E-state index contributed by atoms with van der Waals surface area (Å²) >= 11 is 3.30. The van der Waals surface area contributed by atoms with E-state index in [9.17, 15) is 9.18 Å². The van der Waals surface area contributed by atoms with Crippen LogP contribution in [0.3, 0.4) is 0 Å². The standard InChI is InChI=1S/C13H17BrFNO2/c14-11-5-6-12(15)10(8-11)9-16-7-3-1-2-4-13(17)18/h5-6,8,16H,1-4,7,9H2,(H,17,18). The van der Waals surface area contributed by atoms with Gasteiger partial charge in [-0.05, 0) is 37.6 Å². The molecule has 1 rings (SSSR count). The van der Waals surface area contributed by atoms with Crippen molar-refractivity contribution in [1.29, 1.82) is 0 Å². The van der Waals surface area contributed by atoms with Gasteiger partial charge < -0.3 is 10.4 Å². The van der Waals surface area contributed by atoms with E-state index in [1.807, 2.05) is 0 Å². The second kappa shape index (κ2) is 8.21.